The molecule has 2 aromatic carbocycles. The Hall–Kier alpha value is -1.75. The third kappa shape index (κ3) is 2.88. The zero-order valence-electron chi connectivity index (χ0n) is 10.3. The van der Waals surface area contributed by atoms with E-state index in [0.717, 1.165) is 0 Å². The first-order chi connectivity index (χ1) is 9.40. The first kappa shape index (κ1) is 14.7. The van der Waals surface area contributed by atoms with E-state index in [1.54, 1.807) is 24.3 Å². The predicted molar refractivity (Wildman–Crippen MR) is 79.1 cm³/mol. The summed E-state index contributed by atoms with van der Waals surface area (Å²) in [5.74, 6) is -0.548. The van der Waals surface area contributed by atoms with Gasteiger partial charge in [0.15, 0.2) is 0 Å². The molecule has 0 fully saturated rings. The van der Waals surface area contributed by atoms with E-state index in [4.69, 9.17) is 34.7 Å². The number of carbonyl (C=O) groups is 1. The highest BCUT2D eigenvalue weighted by Crippen LogP contribution is 2.34. The number of phenolic OH excluding ortho intramolecular Hbond substituents is 1. The molecule has 0 aliphatic carbocycles. The number of primary amides is 1. The number of aromatic hydroxyl groups is 1. The summed E-state index contributed by atoms with van der Waals surface area (Å²) in [5.41, 5.74) is 12.8. The fourth-order valence-electron chi connectivity index (χ4n) is 1.84. The largest absolute Gasteiger partial charge is 0.508 e. The number of rotatable bonds is 3. The summed E-state index contributed by atoms with van der Waals surface area (Å²) in [6.45, 7) is 0. The highest BCUT2D eigenvalue weighted by atomic mass is 35.5. The summed E-state index contributed by atoms with van der Waals surface area (Å²) in [6, 6.07) is 8.77. The van der Waals surface area contributed by atoms with Crippen molar-refractivity contribution in [2.45, 2.75) is 6.04 Å². The minimum atomic E-state index is -0.591. The first-order valence-electron chi connectivity index (χ1n) is 5.73. The van der Waals surface area contributed by atoms with Crippen LogP contribution in [0.2, 0.25) is 10.0 Å². The Morgan fingerprint density at radius 2 is 1.65 bits per heavy atom. The molecular formula is C14H12Cl2N2O2. The third-order valence-electron chi connectivity index (χ3n) is 2.96. The number of hydrogen-bond donors (Lipinski definition) is 3. The molecule has 0 saturated carbocycles. The molecule has 4 nitrogen and oxygen atoms in total. The molecule has 0 spiro atoms. The summed E-state index contributed by atoms with van der Waals surface area (Å²) in [7, 11) is 0. The van der Waals surface area contributed by atoms with Gasteiger partial charge < -0.3 is 16.6 Å². The van der Waals surface area contributed by atoms with Gasteiger partial charge in [0.25, 0.3) is 0 Å². The van der Waals surface area contributed by atoms with E-state index in [2.05, 4.69) is 0 Å². The second kappa shape index (κ2) is 5.71. The topological polar surface area (TPSA) is 89.3 Å². The van der Waals surface area contributed by atoms with Crippen LogP contribution in [0.1, 0.15) is 27.5 Å². The molecule has 6 heteroatoms. The SMILES string of the molecule is NC(=O)c1ccc(C(N)c2cc(Cl)c(Cl)cc2O)cc1. The van der Waals surface area contributed by atoms with E-state index in [1.807, 2.05) is 0 Å². The summed E-state index contributed by atoms with van der Waals surface area (Å²) < 4.78 is 0. The van der Waals surface area contributed by atoms with Crippen molar-refractivity contribution in [3.8, 4) is 5.75 Å². The van der Waals surface area contributed by atoms with Gasteiger partial charge in [-0.25, -0.2) is 0 Å². The van der Waals surface area contributed by atoms with E-state index in [-0.39, 0.29) is 10.8 Å². The number of amides is 1. The second-order valence-electron chi connectivity index (χ2n) is 4.29. The van der Waals surface area contributed by atoms with Crippen molar-refractivity contribution in [1.29, 1.82) is 0 Å². The van der Waals surface area contributed by atoms with Crippen LogP contribution >= 0.6 is 23.2 Å². The molecule has 0 aliphatic rings. The van der Waals surface area contributed by atoms with Gasteiger partial charge >= 0.3 is 0 Å². The smallest absolute Gasteiger partial charge is 0.248 e. The number of nitrogens with two attached hydrogens (primary N) is 2. The van der Waals surface area contributed by atoms with E-state index in [9.17, 15) is 9.90 Å². The van der Waals surface area contributed by atoms with Crippen molar-refractivity contribution in [3.63, 3.8) is 0 Å². The van der Waals surface area contributed by atoms with Crippen molar-refractivity contribution in [2.75, 3.05) is 0 Å². The van der Waals surface area contributed by atoms with Crippen LogP contribution < -0.4 is 11.5 Å². The molecule has 104 valence electrons. The summed E-state index contributed by atoms with van der Waals surface area (Å²) >= 11 is 11.7. The molecule has 0 saturated heterocycles. The van der Waals surface area contributed by atoms with Crippen LogP contribution in [0.5, 0.6) is 5.75 Å². The average Bonchev–Trinajstić information content (AvgIpc) is 2.42. The van der Waals surface area contributed by atoms with Crippen LogP contribution in [0.4, 0.5) is 0 Å². The van der Waals surface area contributed by atoms with E-state index >= 15 is 0 Å². The Morgan fingerprint density at radius 1 is 1.10 bits per heavy atom. The number of phenols is 1. The molecule has 2 rings (SSSR count). The fourth-order valence-corrected chi connectivity index (χ4v) is 2.17. The molecule has 0 heterocycles. The van der Waals surface area contributed by atoms with Crippen molar-refractivity contribution >= 4 is 29.1 Å². The Morgan fingerprint density at radius 3 is 2.20 bits per heavy atom. The Labute approximate surface area is 125 Å². The Balaban J connectivity index is 2.38. The standard InChI is InChI=1S/C14H12Cl2N2O2/c15-10-5-9(12(19)6-11(10)16)13(17)7-1-3-8(4-2-7)14(18)20/h1-6,13,19H,17H2,(H2,18,20). The minimum Gasteiger partial charge on any atom is -0.508 e. The molecule has 0 bridgehead atoms. The van der Waals surface area contributed by atoms with Crippen LogP contribution in [-0.2, 0) is 0 Å². The van der Waals surface area contributed by atoms with Gasteiger partial charge in [0.1, 0.15) is 5.75 Å². The Kier molecular flexibility index (Phi) is 4.18. The first-order valence-corrected chi connectivity index (χ1v) is 6.49. The lowest BCUT2D eigenvalue weighted by atomic mass is 9.97. The maximum atomic E-state index is 11.0. The monoisotopic (exact) mass is 310 g/mol. The summed E-state index contributed by atoms with van der Waals surface area (Å²) in [5, 5.41) is 10.5. The van der Waals surface area contributed by atoms with Gasteiger partial charge in [-0.15, -0.1) is 0 Å². The Bertz CT molecular complexity index is 657. The number of benzene rings is 2. The van der Waals surface area contributed by atoms with Crippen LogP contribution in [0, 0.1) is 0 Å². The third-order valence-corrected chi connectivity index (χ3v) is 3.68. The summed E-state index contributed by atoms with van der Waals surface area (Å²) in [4.78, 5) is 11.0. The van der Waals surface area contributed by atoms with Gasteiger partial charge in [-0.1, -0.05) is 35.3 Å². The summed E-state index contributed by atoms with van der Waals surface area (Å²) in [6.07, 6.45) is 0. The van der Waals surface area contributed by atoms with Gasteiger partial charge in [0.05, 0.1) is 16.1 Å². The molecule has 0 aromatic heterocycles. The minimum absolute atomic E-state index is 0.0362. The molecule has 1 amide bonds. The highest BCUT2D eigenvalue weighted by Gasteiger charge is 2.16. The van der Waals surface area contributed by atoms with E-state index < -0.39 is 11.9 Å². The molecule has 0 radical (unpaired) electrons. The van der Waals surface area contributed by atoms with Gasteiger partial charge in [0, 0.05) is 17.2 Å². The maximum Gasteiger partial charge on any atom is 0.248 e. The van der Waals surface area contributed by atoms with Crippen LogP contribution in [0.3, 0.4) is 0 Å². The van der Waals surface area contributed by atoms with Gasteiger partial charge in [-0.2, -0.15) is 0 Å². The zero-order chi connectivity index (χ0) is 14.9. The molecule has 1 unspecified atom stereocenters. The lowest BCUT2D eigenvalue weighted by Gasteiger charge is -2.15. The van der Waals surface area contributed by atoms with E-state index in [0.29, 0.717) is 21.7 Å². The van der Waals surface area contributed by atoms with Crippen molar-refractivity contribution in [3.05, 3.63) is 63.1 Å². The lowest BCUT2D eigenvalue weighted by Crippen LogP contribution is -2.14. The molecule has 2 aromatic rings. The number of carbonyl (C=O) groups excluding carboxylic acids is 1. The van der Waals surface area contributed by atoms with Crippen LogP contribution in [0.25, 0.3) is 0 Å². The number of hydrogen-bond acceptors (Lipinski definition) is 3. The predicted octanol–water partition coefficient (Wildman–Crippen LogP) is 2.85. The second-order valence-corrected chi connectivity index (χ2v) is 5.10. The van der Waals surface area contributed by atoms with Crippen molar-refractivity contribution in [1.82, 2.24) is 0 Å². The number of halogens is 2. The van der Waals surface area contributed by atoms with Crippen LogP contribution in [0.15, 0.2) is 36.4 Å². The normalized spacial score (nSPS) is 12.2. The lowest BCUT2D eigenvalue weighted by molar-refractivity contribution is 0.100. The molecule has 5 N–H and O–H groups in total. The van der Waals surface area contributed by atoms with Gasteiger partial charge in [-0.05, 0) is 23.8 Å². The molecule has 0 aliphatic heterocycles. The van der Waals surface area contributed by atoms with Crippen molar-refractivity contribution in [2.24, 2.45) is 11.5 Å². The molecule has 20 heavy (non-hydrogen) atoms. The van der Waals surface area contributed by atoms with Crippen molar-refractivity contribution < 1.29 is 9.90 Å². The molecular weight excluding hydrogens is 299 g/mol. The average molecular weight is 311 g/mol. The maximum absolute atomic E-state index is 11.0. The quantitative estimate of drug-likeness (QED) is 0.814. The van der Waals surface area contributed by atoms with E-state index in [1.165, 1.54) is 12.1 Å². The van der Waals surface area contributed by atoms with Gasteiger partial charge in [-0.3, -0.25) is 4.79 Å². The molecule has 1 atom stereocenters. The van der Waals surface area contributed by atoms with Crippen LogP contribution in [-0.4, -0.2) is 11.0 Å². The highest BCUT2D eigenvalue weighted by molar-refractivity contribution is 6.42. The zero-order valence-corrected chi connectivity index (χ0v) is 11.8. The van der Waals surface area contributed by atoms with Gasteiger partial charge in [0.2, 0.25) is 5.91 Å². The fraction of sp³-hybridized carbons (Fsp3) is 0.0714.